The summed E-state index contributed by atoms with van der Waals surface area (Å²) in [7, 11) is 0. The van der Waals surface area contributed by atoms with Gasteiger partial charge in [0.1, 0.15) is 0 Å². The molecule has 0 saturated heterocycles. The summed E-state index contributed by atoms with van der Waals surface area (Å²) in [6.07, 6.45) is 6.58. The Morgan fingerprint density at radius 1 is 1.11 bits per heavy atom. The van der Waals surface area contributed by atoms with Gasteiger partial charge in [-0.3, -0.25) is 11.3 Å². The van der Waals surface area contributed by atoms with Crippen molar-refractivity contribution in [1.82, 2.24) is 5.43 Å². The zero-order chi connectivity index (χ0) is 13.8. The average molecular weight is 272 g/mol. The van der Waals surface area contributed by atoms with Gasteiger partial charge in [-0.1, -0.05) is 32.1 Å². The Morgan fingerprint density at radius 3 is 2.21 bits per heavy atom. The number of hydrogen-bond donors (Lipinski definition) is 2. The number of benzene rings is 1. The van der Waals surface area contributed by atoms with Crippen LogP contribution in [0.5, 0.6) is 0 Å². The molecule has 2 nitrogen and oxygen atoms in total. The van der Waals surface area contributed by atoms with Crippen molar-refractivity contribution in [2.24, 2.45) is 11.8 Å². The third-order valence-corrected chi connectivity index (χ3v) is 3.90. The summed E-state index contributed by atoms with van der Waals surface area (Å²) >= 11 is 0. The fourth-order valence-corrected chi connectivity index (χ4v) is 2.83. The number of hydrogen-bond acceptors (Lipinski definition) is 2. The van der Waals surface area contributed by atoms with Crippen LogP contribution in [-0.4, -0.2) is 0 Å². The Balaban J connectivity index is 2.12. The molecule has 1 atom stereocenters. The van der Waals surface area contributed by atoms with E-state index in [1.807, 2.05) is 0 Å². The maximum Gasteiger partial charge on any atom is 0.194 e. The predicted octanol–water partition coefficient (Wildman–Crippen LogP) is 3.58. The molecule has 0 aromatic heterocycles. The maximum atomic E-state index is 13.2. The molecule has 0 aliphatic heterocycles. The van der Waals surface area contributed by atoms with Crippen molar-refractivity contribution in [1.29, 1.82) is 0 Å². The molecule has 1 fully saturated rings. The second-order valence-corrected chi connectivity index (χ2v) is 5.26. The Labute approximate surface area is 111 Å². The number of nitrogens with two attached hydrogens (primary N) is 1. The van der Waals surface area contributed by atoms with Crippen LogP contribution >= 0.6 is 0 Å². The Hall–Kier alpha value is -1.07. The Kier molecular flexibility index (Phi) is 4.82. The molecule has 5 heteroatoms. The minimum absolute atomic E-state index is 0.340. The molecular weight excluding hydrogens is 253 g/mol. The van der Waals surface area contributed by atoms with Gasteiger partial charge in [0.15, 0.2) is 17.5 Å². The molecule has 0 bridgehead atoms. The van der Waals surface area contributed by atoms with Crippen molar-refractivity contribution in [3.05, 3.63) is 35.1 Å². The monoisotopic (exact) mass is 272 g/mol. The quantitative estimate of drug-likeness (QED) is 0.499. The summed E-state index contributed by atoms with van der Waals surface area (Å²) in [6, 6.07) is 1.70. The smallest absolute Gasteiger partial charge is 0.194 e. The maximum absolute atomic E-state index is 13.2. The van der Waals surface area contributed by atoms with E-state index in [1.165, 1.54) is 19.3 Å². The first kappa shape index (κ1) is 14.3. The molecule has 3 N–H and O–H groups in total. The summed E-state index contributed by atoms with van der Waals surface area (Å²) in [6.45, 7) is 0. The Morgan fingerprint density at radius 2 is 1.68 bits per heavy atom. The minimum atomic E-state index is -1.43. The van der Waals surface area contributed by atoms with Crippen molar-refractivity contribution in [3.63, 3.8) is 0 Å². The fraction of sp³-hybridized carbons (Fsp3) is 0.571. The summed E-state index contributed by atoms with van der Waals surface area (Å²) in [5.41, 5.74) is 2.95. The Bertz CT molecular complexity index is 408. The van der Waals surface area contributed by atoms with Crippen molar-refractivity contribution < 1.29 is 13.2 Å². The molecule has 1 aliphatic carbocycles. The molecule has 0 spiro atoms. The van der Waals surface area contributed by atoms with E-state index in [0.717, 1.165) is 31.4 Å². The van der Waals surface area contributed by atoms with Crippen LogP contribution in [0.3, 0.4) is 0 Å². The standard InChI is InChI=1S/C14H19F3N2/c15-11-7-10(8-12(16)14(11)17)13(19-18)6-9-4-2-1-3-5-9/h7-9,13,19H,1-6,18H2. The van der Waals surface area contributed by atoms with Gasteiger partial charge >= 0.3 is 0 Å². The van der Waals surface area contributed by atoms with Crippen LogP contribution in [0, 0.1) is 23.4 Å². The zero-order valence-electron chi connectivity index (χ0n) is 10.8. The van der Waals surface area contributed by atoms with E-state index in [4.69, 9.17) is 5.84 Å². The largest absolute Gasteiger partial charge is 0.271 e. The first-order valence-electron chi connectivity index (χ1n) is 6.72. The SMILES string of the molecule is NNC(CC1CCCCC1)c1cc(F)c(F)c(F)c1. The molecule has 0 radical (unpaired) electrons. The lowest BCUT2D eigenvalue weighted by atomic mass is 9.83. The van der Waals surface area contributed by atoms with E-state index >= 15 is 0 Å². The molecule has 0 amide bonds. The molecule has 1 aromatic rings. The highest BCUT2D eigenvalue weighted by Gasteiger charge is 2.21. The number of hydrazine groups is 1. The normalized spacial score (nSPS) is 18.5. The van der Waals surface area contributed by atoms with E-state index < -0.39 is 17.5 Å². The van der Waals surface area contributed by atoms with Crippen molar-refractivity contribution in [2.45, 2.75) is 44.6 Å². The minimum Gasteiger partial charge on any atom is -0.271 e. The molecule has 106 valence electrons. The van der Waals surface area contributed by atoms with Crippen LogP contribution in [0.1, 0.15) is 50.1 Å². The highest BCUT2D eigenvalue weighted by atomic mass is 19.2. The lowest BCUT2D eigenvalue weighted by molar-refractivity contribution is 0.300. The fourth-order valence-electron chi connectivity index (χ4n) is 2.83. The van der Waals surface area contributed by atoms with Gasteiger partial charge in [-0.05, 0) is 30.0 Å². The van der Waals surface area contributed by atoms with Crippen LogP contribution < -0.4 is 11.3 Å². The molecule has 1 unspecified atom stereocenters. The van der Waals surface area contributed by atoms with Crippen LogP contribution in [0.15, 0.2) is 12.1 Å². The first-order chi connectivity index (χ1) is 9.11. The van der Waals surface area contributed by atoms with E-state index in [0.29, 0.717) is 11.5 Å². The van der Waals surface area contributed by atoms with Crippen molar-refractivity contribution >= 4 is 0 Å². The second-order valence-electron chi connectivity index (χ2n) is 5.26. The third kappa shape index (κ3) is 3.48. The van der Waals surface area contributed by atoms with E-state index in [2.05, 4.69) is 5.43 Å². The summed E-state index contributed by atoms with van der Waals surface area (Å²) in [5, 5.41) is 0. The predicted molar refractivity (Wildman–Crippen MR) is 67.6 cm³/mol. The summed E-state index contributed by atoms with van der Waals surface area (Å²) in [5.74, 6) is 2.21. The lowest BCUT2D eigenvalue weighted by Crippen LogP contribution is -2.30. The van der Waals surface area contributed by atoms with Gasteiger partial charge in [0.25, 0.3) is 0 Å². The molecule has 1 aromatic carbocycles. The van der Waals surface area contributed by atoms with E-state index in [1.54, 1.807) is 0 Å². The molecule has 2 rings (SSSR count). The van der Waals surface area contributed by atoms with Gasteiger partial charge in [0.05, 0.1) is 0 Å². The van der Waals surface area contributed by atoms with Crippen molar-refractivity contribution in [2.75, 3.05) is 0 Å². The van der Waals surface area contributed by atoms with Gasteiger partial charge < -0.3 is 0 Å². The molecular formula is C14H19F3N2. The van der Waals surface area contributed by atoms with Crippen LogP contribution in [0.2, 0.25) is 0 Å². The molecule has 0 heterocycles. The average Bonchev–Trinajstić information content (AvgIpc) is 2.42. The molecule has 1 aliphatic rings. The second kappa shape index (κ2) is 6.39. The zero-order valence-corrected chi connectivity index (χ0v) is 10.8. The third-order valence-electron chi connectivity index (χ3n) is 3.90. The highest BCUT2D eigenvalue weighted by Crippen LogP contribution is 2.32. The number of nitrogens with one attached hydrogen (secondary N) is 1. The van der Waals surface area contributed by atoms with Crippen LogP contribution in [0.25, 0.3) is 0 Å². The molecule has 19 heavy (non-hydrogen) atoms. The van der Waals surface area contributed by atoms with Gasteiger partial charge in [-0.25, -0.2) is 13.2 Å². The van der Waals surface area contributed by atoms with Gasteiger partial charge in [-0.15, -0.1) is 0 Å². The number of rotatable bonds is 4. The summed E-state index contributed by atoms with van der Waals surface area (Å²) in [4.78, 5) is 0. The number of halogens is 3. The van der Waals surface area contributed by atoms with Gasteiger partial charge in [0.2, 0.25) is 0 Å². The van der Waals surface area contributed by atoms with E-state index in [-0.39, 0.29) is 6.04 Å². The van der Waals surface area contributed by atoms with E-state index in [9.17, 15) is 13.2 Å². The molecule has 1 saturated carbocycles. The van der Waals surface area contributed by atoms with Gasteiger partial charge in [-0.2, -0.15) is 0 Å². The van der Waals surface area contributed by atoms with Crippen molar-refractivity contribution in [3.8, 4) is 0 Å². The van der Waals surface area contributed by atoms with Gasteiger partial charge in [0, 0.05) is 6.04 Å². The first-order valence-corrected chi connectivity index (χ1v) is 6.72. The lowest BCUT2D eigenvalue weighted by Gasteiger charge is -2.26. The summed E-state index contributed by atoms with van der Waals surface area (Å²) < 4.78 is 39.4. The highest BCUT2D eigenvalue weighted by molar-refractivity contribution is 5.22. The topological polar surface area (TPSA) is 38.0 Å². The van der Waals surface area contributed by atoms with Crippen LogP contribution in [0.4, 0.5) is 13.2 Å². The van der Waals surface area contributed by atoms with Crippen LogP contribution in [-0.2, 0) is 0 Å².